The predicted octanol–water partition coefficient (Wildman–Crippen LogP) is 3.81. The summed E-state index contributed by atoms with van der Waals surface area (Å²) in [4.78, 5) is 12.3. The number of halogens is 1. The van der Waals surface area contributed by atoms with Gasteiger partial charge in [-0.2, -0.15) is 8.42 Å². The molecule has 0 saturated carbocycles. The van der Waals surface area contributed by atoms with Gasteiger partial charge in [0.2, 0.25) is 0 Å². The van der Waals surface area contributed by atoms with Crippen molar-refractivity contribution in [3.8, 4) is 0 Å². The summed E-state index contributed by atoms with van der Waals surface area (Å²) >= 11 is 6.17. The van der Waals surface area contributed by atoms with Crippen molar-refractivity contribution in [1.29, 1.82) is 0 Å². The average Bonchev–Trinajstić information content (AvgIpc) is 2.58. The SMILES string of the molecule is CN(c1ccc(CNC(=O)c2ccc(C(C)(C)C)cc2)c(Cl)c1)S(=O)(=O)O. The molecule has 0 bridgehead atoms. The molecule has 0 spiro atoms. The number of anilines is 1. The van der Waals surface area contributed by atoms with Crippen LogP contribution in [0.4, 0.5) is 5.69 Å². The number of carbonyl (C=O) groups excluding carboxylic acids is 1. The van der Waals surface area contributed by atoms with Crippen LogP contribution in [0.3, 0.4) is 0 Å². The van der Waals surface area contributed by atoms with Crippen molar-refractivity contribution in [1.82, 2.24) is 5.32 Å². The summed E-state index contributed by atoms with van der Waals surface area (Å²) in [7, 11) is -3.14. The van der Waals surface area contributed by atoms with Gasteiger partial charge in [0.1, 0.15) is 0 Å². The van der Waals surface area contributed by atoms with Gasteiger partial charge in [-0.25, -0.2) is 0 Å². The Hall–Kier alpha value is -2.09. The number of rotatable bonds is 5. The van der Waals surface area contributed by atoms with E-state index < -0.39 is 10.3 Å². The predicted molar refractivity (Wildman–Crippen MR) is 108 cm³/mol. The summed E-state index contributed by atoms with van der Waals surface area (Å²) in [5.74, 6) is -0.231. The van der Waals surface area contributed by atoms with E-state index in [0.29, 0.717) is 15.4 Å². The van der Waals surface area contributed by atoms with Gasteiger partial charge in [0.15, 0.2) is 0 Å². The lowest BCUT2D eigenvalue weighted by molar-refractivity contribution is 0.0951. The lowest BCUT2D eigenvalue weighted by atomic mass is 9.87. The van der Waals surface area contributed by atoms with Crippen molar-refractivity contribution < 1.29 is 17.8 Å². The van der Waals surface area contributed by atoms with E-state index in [0.717, 1.165) is 5.56 Å². The fourth-order valence-electron chi connectivity index (χ4n) is 2.41. The van der Waals surface area contributed by atoms with Crippen LogP contribution in [0.15, 0.2) is 42.5 Å². The molecule has 6 nitrogen and oxygen atoms in total. The monoisotopic (exact) mass is 410 g/mol. The van der Waals surface area contributed by atoms with Crippen LogP contribution in [0.1, 0.15) is 42.3 Å². The lowest BCUT2D eigenvalue weighted by Gasteiger charge is -2.19. The minimum atomic E-state index is -4.36. The highest BCUT2D eigenvalue weighted by Crippen LogP contribution is 2.25. The molecule has 0 aliphatic heterocycles. The van der Waals surface area contributed by atoms with Crippen molar-refractivity contribution in [2.24, 2.45) is 0 Å². The normalized spacial score (nSPS) is 11.9. The maximum atomic E-state index is 12.3. The third kappa shape index (κ3) is 5.45. The molecule has 8 heteroatoms. The highest BCUT2D eigenvalue weighted by molar-refractivity contribution is 7.87. The van der Waals surface area contributed by atoms with Gasteiger partial charge in [0.25, 0.3) is 5.91 Å². The van der Waals surface area contributed by atoms with E-state index in [1.165, 1.54) is 19.2 Å². The Kier molecular flexibility index (Phi) is 6.19. The zero-order chi connectivity index (χ0) is 20.4. The second-order valence-electron chi connectivity index (χ2n) is 7.23. The van der Waals surface area contributed by atoms with Crippen LogP contribution in [0.25, 0.3) is 0 Å². The van der Waals surface area contributed by atoms with Crippen LogP contribution in [-0.2, 0) is 22.3 Å². The Morgan fingerprint density at radius 1 is 1.15 bits per heavy atom. The van der Waals surface area contributed by atoms with Crippen molar-refractivity contribution >= 4 is 33.5 Å². The van der Waals surface area contributed by atoms with Crippen LogP contribution in [0.2, 0.25) is 5.02 Å². The van der Waals surface area contributed by atoms with Gasteiger partial charge in [0, 0.05) is 24.2 Å². The summed E-state index contributed by atoms with van der Waals surface area (Å²) in [6.07, 6.45) is 0. The first-order chi connectivity index (χ1) is 12.4. The molecule has 2 aromatic carbocycles. The standard InChI is InChI=1S/C19H23ClN2O4S/c1-19(2,3)15-8-5-13(6-9-15)18(23)21-12-14-7-10-16(11-17(14)20)22(4)27(24,25)26/h5-11H,12H2,1-4H3,(H,21,23)(H,24,25,26). The molecule has 0 fully saturated rings. The molecule has 0 radical (unpaired) electrons. The first-order valence-corrected chi connectivity index (χ1v) is 10.1. The molecule has 0 aromatic heterocycles. The topological polar surface area (TPSA) is 86.7 Å². The van der Waals surface area contributed by atoms with Gasteiger partial charge in [-0.3, -0.25) is 13.7 Å². The largest absolute Gasteiger partial charge is 0.359 e. The van der Waals surface area contributed by atoms with Gasteiger partial charge >= 0.3 is 10.3 Å². The summed E-state index contributed by atoms with van der Waals surface area (Å²) in [5.41, 5.74) is 2.54. The van der Waals surface area contributed by atoms with Gasteiger partial charge in [-0.15, -0.1) is 0 Å². The smallest absolute Gasteiger partial charge is 0.348 e. The van der Waals surface area contributed by atoms with E-state index in [9.17, 15) is 13.2 Å². The lowest BCUT2D eigenvalue weighted by Crippen LogP contribution is -2.25. The number of nitrogens with one attached hydrogen (secondary N) is 1. The highest BCUT2D eigenvalue weighted by Gasteiger charge is 2.16. The van der Waals surface area contributed by atoms with Gasteiger partial charge in [-0.1, -0.05) is 50.6 Å². The average molecular weight is 411 g/mol. The Labute approximate surface area is 165 Å². The molecule has 1 amide bonds. The van der Waals surface area contributed by atoms with Gasteiger partial charge in [-0.05, 0) is 40.8 Å². The summed E-state index contributed by atoms with van der Waals surface area (Å²) in [6.45, 7) is 6.50. The molecule has 0 unspecified atom stereocenters. The Balaban J connectivity index is 2.07. The molecule has 0 aliphatic carbocycles. The Morgan fingerprint density at radius 3 is 2.22 bits per heavy atom. The second-order valence-corrected chi connectivity index (χ2v) is 9.08. The fraction of sp³-hybridized carbons (Fsp3) is 0.316. The first kappa shape index (κ1) is 21.2. The van der Waals surface area contributed by atoms with Crippen molar-refractivity contribution in [2.75, 3.05) is 11.4 Å². The summed E-state index contributed by atoms with van der Waals surface area (Å²) in [6, 6.07) is 11.9. The zero-order valence-electron chi connectivity index (χ0n) is 15.7. The van der Waals surface area contributed by atoms with Crippen molar-refractivity contribution in [3.05, 3.63) is 64.2 Å². The Morgan fingerprint density at radius 2 is 1.74 bits per heavy atom. The molecule has 2 aromatic rings. The summed E-state index contributed by atoms with van der Waals surface area (Å²) in [5, 5.41) is 3.07. The molecule has 27 heavy (non-hydrogen) atoms. The Bertz CT molecular complexity index is 935. The quantitative estimate of drug-likeness (QED) is 0.734. The van der Waals surface area contributed by atoms with Crippen molar-refractivity contribution in [2.45, 2.75) is 32.7 Å². The molecular formula is C19H23ClN2O4S. The van der Waals surface area contributed by atoms with Crippen LogP contribution in [0, 0.1) is 0 Å². The number of carbonyl (C=O) groups is 1. The maximum Gasteiger partial charge on any atom is 0.359 e. The number of amides is 1. The zero-order valence-corrected chi connectivity index (χ0v) is 17.2. The maximum absolute atomic E-state index is 12.3. The van der Waals surface area contributed by atoms with E-state index in [1.54, 1.807) is 18.2 Å². The second kappa shape index (κ2) is 7.88. The van der Waals surface area contributed by atoms with E-state index in [-0.39, 0.29) is 28.6 Å². The van der Waals surface area contributed by atoms with E-state index in [2.05, 4.69) is 26.1 Å². The van der Waals surface area contributed by atoms with E-state index in [1.807, 2.05) is 12.1 Å². The third-order valence-corrected chi connectivity index (χ3v) is 5.45. The number of benzene rings is 2. The first-order valence-electron chi connectivity index (χ1n) is 8.28. The van der Waals surface area contributed by atoms with Crippen molar-refractivity contribution in [3.63, 3.8) is 0 Å². The van der Waals surface area contributed by atoms with Crippen LogP contribution in [-0.4, -0.2) is 25.9 Å². The van der Waals surface area contributed by atoms with Gasteiger partial charge in [0.05, 0.1) is 5.69 Å². The highest BCUT2D eigenvalue weighted by atomic mass is 35.5. The van der Waals surface area contributed by atoms with E-state index in [4.69, 9.17) is 16.2 Å². The number of hydrogen-bond acceptors (Lipinski definition) is 3. The molecule has 0 heterocycles. The van der Waals surface area contributed by atoms with E-state index >= 15 is 0 Å². The summed E-state index contributed by atoms with van der Waals surface area (Å²) < 4.78 is 32.1. The minimum Gasteiger partial charge on any atom is -0.348 e. The molecule has 2 N–H and O–H groups in total. The number of hydrogen-bond donors (Lipinski definition) is 2. The molecule has 2 rings (SSSR count). The molecular weight excluding hydrogens is 388 g/mol. The molecule has 0 saturated heterocycles. The molecule has 146 valence electrons. The molecule has 0 aliphatic rings. The minimum absolute atomic E-state index is 0.0134. The third-order valence-electron chi connectivity index (χ3n) is 4.20. The van der Waals surface area contributed by atoms with Gasteiger partial charge < -0.3 is 5.32 Å². The molecule has 0 atom stereocenters. The fourth-order valence-corrected chi connectivity index (χ4v) is 3.03. The van der Waals surface area contributed by atoms with Crippen LogP contribution in [0.5, 0.6) is 0 Å². The van der Waals surface area contributed by atoms with Crippen LogP contribution >= 0.6 is 11.6 Å². The van der Waals surface area contributed by atoms with Crippen LogP contribution < -0.4 is 9.62 Å². The number of nitrogens with zero attached hydrogens (tertiary/aromatic N) is 1.